The van der Waals surface area contributed by atoms with Crippen LogP contribution < -0.4 is 4.74 Å². The zero-order valence-electron chi connectivity index (χ0n) is 12.2. The second kappa shape index (κ2) is 5.25. The second-order valence-electron chi connectivity index (χ2n) is 5.60. The number of halogens is 1. The van der Waals surface area contributed by atoms with E-state index in [1.165, 1.54) is 12.8 Å². The first-order valence-corrected chi connectivity index (χ1v) is 7.66. The molecule has 1 fully saturated rings. The number of methoxy groups -OCH3 is 1. The molecule has 1 aliphatic carbocycles. The van der Waals surface area contributed by atoms with Gasteiger partial charge in [0.25, 0.3) is 0 Å². The highest BCUT2D eigenvalue weighted by molar-refractivity contribution is 6.37. The number of rotatable bonds is 4. The highest BCUT2D eigenvalue weighted by atomic mass is 35.5. The average Bonchev–Trinajstić information content (AvgIpc) is 3.27. The fraction of sp³-hybridized carbons (Fsp3) is 0.312. The molecule has 0 amide bonds. The summed E-state index contributed by atoms with van der Waals surface area (Å²) in [7, 11) is 1.60. The summed E-state index contributed by atoms with van der Waals surface area (Å²) in [6, 6.07) is 7.81. The molecule has 0 saturated heterocycles. The van der Waals surface area contributed by atoms with Crippen LogP contribution in [0.5, 0.6) is 5.88 Å². The van der Waals surface area contributed by atoms with Crippen molar-refractivity contribution in [1.82, 2.24) is 20.0 Å². The molecule has 1 saturated carbocycles. The lowest BCUT2D eigenvalue weighted by atomic mass is 10.1. The van der Waals surface area contributed by atoms with E-state index in [-0.39, 0.29) is 0 Å². The van der Waals surface area contributed by atoms with Gasteiger partial charge in [-0.25, -0.2) is 9.67 Å². The van der Waals surface area contributed by atoms with E-state index in [9.17, 15) is 0 Å². The summed E-state index contributed by atoms with van der Waals surface area (Å²) in [6.07, 6.45) is 4.27. The van der Waals surface area contributed by atoms with Crippen LogP contribution in [0.25, 0.3) is 22.2 Å². The van der Waals surface area contributed by atoms with Gasteiger partial charge in [0.2, 0.25) is 5.88 Å². The highest BCUT2D eigenvalue weighted by Gasteiger charge is 2.23. The van der Waals surface area contributed by atoms with E-state index in [4.69, 9.17) is 16.3 Å². The molecule has 6 heteroatoms. The van der Waals surface area contributed by atoms with Gasteiger partial charge in [0, 0.05) is 24.4 Å². The third-order valence-corrected chi connectivity index (χ3v) is 4.39. The smallest absolute Gasteiger partial charge is 0.213 e. The molecule has 112 valence electrons. The number of aromatic nitrogens is 4. The summed E-state index contributed by atoms with van der Waals surface area (Å²) in [5.74, 6) is 1.30. The normalized spacial score (nSPS) is 14.5. The fourth-order valence-electron chi connectivity index (χ4n) is 2.60. The van der Waals surface area contributed by atoms with Gasteiger partial charge in [0.15, 0.2) is 0 Å². The molecule has 0 atom stereocenters. The summed E-state index contributed by atoms with van der Waals surface area (Å²) in [5.41, 5.74) is 3.60. The number of fused-ring (bicyclic) bond motifs is 1. The lowest BCUT2D eigenvalue weighted by Crippen LogP contribution is -2.01. The van der Waals surface area contributed by atoms with Crippen molar-refractivity contribution in [2.24, 2.45) is 5.92 Å². The summed E-state index contributed by atoms with van der Waals surface area (Å²) in [6.45, 7) is 0.926. The van der Waals surface area contributed by atoms with E-state index in [0.717, 1.165) is 34.6 Å². The number of benzene rings is 1. The monoisotopic (exact) mass is 314 g/mol. The van der Waals surface area contributed by atoms with Gasteiger partial charge in [-0.1, -0.05) is 22.9 Å². The van der Waals surface area contributed by atoms with Crippen LogP contribution in [-0.2, 0) is 6.54 Å². The molecule has 1 aliphatic rings. The maximum absolute atomic E-state index is 6.56. The number of nitrogens with zero attached hydrogens (tertiary/aromatic N) is 4. The Hall–Kier alpha value is -2.14. The van der Waals surface area contributed by atoms with Gasteiger partial charge in [-0.05, 0) is 36.5 Å². The first-order chi connectivity index (χ1) is 10.8. The van der Waals surface area contributed by atoms with Crippen molar-refractivity contribution < 1.29 is 4.74 Å². The first-order valence-electron chi connectivity index (χ1n) is 7.28. The summed E-state index contributed by atoms with van der Waals surface area (Å²) in [5, 5.41) is 9.13. The Bertz CT molecular complexity index is 841. The van der Waals surface area contributed by atoms with Crippen molar-refractivity contribution >= 4 is 22.6 Å². The van der Waals surface area contributed by atoms with Crippen LogP contribution in [0.15, 0.2) is 30.5 Å². The van der Waals surface area contributed by atoms with E-state index in [1.807, 2.05) is 28.9 Å². The van der Waals surface area contributed by atoms with Gasteiger partial charge < -0.3 is 4.74 Å². The Morgan fingerprint density at radius 2 is 2.18 bits per heavy atom. The van der Waals surface area contributed by atoms with Crippen LogP contribution in [0, 0.1) is 5.92 Å². The largest absolute Gasteiger partial charge is 0.481 e. The molecule has 0 N–H and O–H groups in total. The van der Waals surface area contributed by atoms with Crippen molar-refractivity contribution in [3.63, 3.8) is 0 Å². The van der Waals surface area contributed by atoms with Crippen molar-refractivity contribution in [3.05, 3.63) is 35.5 Å². The highest BCUT2D eigenvalue weighted by Crippen LogP contribution is 2.36. The number of hydrogen-bond acceptors (Lipinski definition) is 4. The van der Waals surface area contributed by atoms with Gasteiger partial charge in [-0.2, -0.15) is 0 Å². The molecule has 0 bridgehead atoms. The Morgan fingerprint density at radius 1 is 1.32 bits per heavy atom. The van der Waals surface area contributed by atoms with Crippen molar-refractivity contribution in [1.29, 1.82) is 0 Å². The van der Waals surface area contributed by atoms with Crippen LogP contribution >= 0.6 is 11.6 Å². The van der Waals surface area contributed by atoms with Gasteiger partial charge >= 0.3 is 0 Å². The minimum Gasteiger partial charge on any atom is -0.481 e. The molecule has 2 heterocycles. The van der Waals surface area contributed by atoms with Crippen molar-refractivity contribution in [3.8, 4) is 17.0 Å². The topological polar surface area (TPSA) is 52.8 Å². The number of ether oxygens (including phenoxy) is 1. The van der Waals surface area contributed by atoms with Crippen molar-refractivity contribution in [2.45, 2.75) is 19.4 Å². The molecular weight excluding hydrogens is 300 g/mol. The van der Waals surface area contributed by atoms with Crippen LogP contribution in [-0.4, -0.2) is 27.1 Å². The lowest BCUT2D eigenvalue weighted by Gasteiger charge is -2.07. The van der Waals surface area contributed by atoms with Gasteiger partial charge in [-0.3, -0.25) is 0 Å². The molecule has 4 rings (SSSR count). The summed E-state index contributed by atoms with van der Waals surface area (Å²) >= 11 is 6.56. The standard InChI is InChI=1S/C16H15ClN4O/c1-22-14-8-11(6-7-18-14)12-4-5-13-16(15(12)17)19-20-21(13)9-10-2-3-10/h4-8,10H,2-3,9H2,1H3. The molecule has 2 aromatic heterocycles. The average molecular weight is 315 g/mol. The summed E-state index contributed by atoms with van der Waals surface area (Å²) in [4.78, 5) is 4.12. The van der Waals surface area contributed by atoms with Gasteiger partial charge in [-0.15, -0.1) is 5.10 Å². The lowest BCUT2D eigenvalue weighted by molar-refractivity contribution is 0.398. The minimum absolute atomic E-state index is 0.561. The fourth-order valence-corrected chi connectivity index (χ4v) is 2.90. The molecule has 5 nitrogen and oxygen atoms in total. The quantitative estimate of drug-likeness (QED) is 0.739. The van der Waals surface area contributed by atoms with E-state index in [0.29, 0.717) is 10.9 Å². The Balaban J connectivity index is 1.80. The van der Waals surface area contributed by atoms with Crippen LogP contribution in [0.2, 0.25) is 5.02 Å². The third kappa shape index (κ3) is 2.31. The maximum Gasteiger partial charge on any atom is 0.213 e. The Morgan fingerprint density at radius 3 is 2.95 bits per heavy atom. The van der Waals surface area contributed by atoms with E-state index >= 15 is 0 Å². The third-order valence-electron chi connectivity index (χ3n) is 4.01. The van der Waals surface area contributed by atoms with Crippen LogP contribution in [0.4, 0.5) is 0 Å². The Labute approximate surface area is 132 Å². The minimum atomic E-state index is 0.561. The zero-order valence-corrected chi connectivity index (χ0v) is 12.9. The molecule has 0 radical (unpaired) electrons. The van der Waals surface area contributed by atoms with Crippen LogP contribution in [0.3, 0.4) is 0 Å². The number of pyridine rings is 1. The predicted octanol–water partition coefficient (Wildman–Crippen LogP) is 3.57. The first kappa shape index (κ1) is 13.5. The van der Waals surface area contributed by atoms with Gasteiger partial charge in [0.05, 0.1) is 17.6 Å². The Kier molecular flexibility index (Phi) is 3.22. The van der Waals surface area contributed by atoms with E-state index < -0.39 is 0 Å². The predicted molar refractivity (Wildman–Crippen MR) is 85.0 cm³/mol. The van der Waals surface area contributed by atoms with Crippen molar-refractivity contribution in [2.75, 3.05) is 7.11 Å². The molecule has 1 aromatic carbocycles. The molecule has 22 heavy (non-hydrogen) atoms. The SMILES string of the molecule is COc1cc(-c2ccc3c(nnn3CC3CC3)c2Cl)ccn1. The molecule has 3 aromatic rings. The van der Waals surface area contributed by atoms with Crippen LogP contribution in [0.1, 0.15) is 12.8 Å². The summed E-state index contributed by atoms with van der Waals surface area (Å²) < 4.78 is 7.13. The molecular formula is C16H15ClN4O. The second-order valence-corrected chi connectivity index (χ2v) is 5.97. The molecule has 0 spiro atoms. The van der Waals surface area contributed by atoms with Gasteiger partial charge in [0.1, 0.15) is 5.52 Å². The van der Waals surface area contributed by atoms with E-state index in [2.05, 4.69) is 15.3 Å². The van der Waals surface area contributed by atoms with E-state index in [1.54, 1.807) is 13.3 Å². The molecule has 0 unspecified atom stereocenters. The number of hydrogen-bond donors (Lipinski definition) is 0. The maximum atomic E-state index is 6.56. The molecule has 0 aliphatic heterocycles. The zero-order chi connectivity index (χ0) is 15.1.